The van der Waals surface area contributed by atoms with E-state index < -0.39 is 17.6 Å². The Balaban J connectivity index is 1.62. The largest absolute Gasteiger partial charge is 0.416 e. The zero-order valence-electron chi connectivity index (χ0n) is 15.0. The Morgan fingerprint density at radius 2 is 1.72 bits per heavy atom. The topological polar surface area (TPSA) is 88.9 Å². The standard InChI is InChI=1S/C19H16F3N5O2/c20-19(21,22)14-4-2-6-16(10-14)26-18(29)13-3-1-5-15(9-13)25-17(28)7-8-27-12-23-11-24-27/h1-6,9-12H,7-8H2,(H,25,28)(H,26,29). The third-order valence-corrected chi connectivity index (χ3v) is 3.89. The van der Waals surface area contributed by atoms with Gasteiger partial charge < -0.3 is 10.6 Å². The number of alkyl halides is 3. The smallest absolute Gasteiger partial charge is 0.326 e. The molecule has 0 saturated heterocycles. The van der Waals surface area contributed by atoms with Crippen molar-refractivity contribution in [2.75, 3.05) is 10.6 Å². The maximum atomic E-state index is 12.8. The first-order valence-corrected chi connectivity index (χ1v) is 8.52. The summed E-state index contributed by atoms with van der Waals surface area (Å²) in [4.78, 5) is 28.2. The molecular weight excluding hydrogens is 387 g/mol. The Morgan fingerprint density at radius 3 is 2.41 bits per heavy atom. The molecule has 0 aliphatic carbocycles. The number of halogens is 3. The first-order chi connectivity index (χ1) is 13.8. The lowest BCUT2D eigenvalue weighted by Gasteiger charge is -2.11. The number of rotatable bonds is 6. The fourth-order valence-corrected chi connectivity index (χ4v) is 2.50. The minimum Gasteiger partial charge on any atom is -0.326 e. The molecule has 0 fully saturated rings. The van der Waals surface area contributed by atoms with Crippen LogP contribution in [0, 0.1) is 0 Å². The van der Waals surface area contributed by atoms with Crippen molar-refractivity contribution >= 4 is 23.2 Å². The van der Waals surface area contributed by atoms with E-state index in [1.807, 2.05) is 0 Å². The minimum absolute atomic E-state index is 0.0205. The quantitative estimate of drug-likeness (QED) is 0.659. The second kappa shape index (κ2) is 8.55. The Morgan fingerprint density at radius 1 is 1.00 bits per heavy atom. The average molecular weight is 403 g/mol. The summed E-state index contributed by atoms with van der Waals surface area (Å²) in [6.07, 6.45) is -1.49. The van der Waals surface area contributed by atoms with Crippen molar-refractivity contribution in [1.29, 1.82) is 0 Å². The summed E-state index contributed by atoms with van der Waals surface area (Å²) in [6.45, 7) is 0.349. The maximum Gasteiger partial charge on any atom is 0.416 e. The van der Waals surface area contributed by atoms with Crippen LogP contribution in [0.15, 0.2) is 61.2 Å². The van der Waals surface area contributed by atoms with Crippen LogP contribution in [0.2, 0.25) is 0 Å². The summed E-state index contributed by atoms with van der Waals surface area (Å²) in [7, 11) is 0. The Kier molecular flexibility index (Phi) is 5.91. The number of nitrogens with zero attached hydrogens (tertiary/aromatic N) is 3. The predicted molar refractivity (Wildman–Crippen MR) is 99.1 cm³/mol. The number of carbonyl (C=O) groups excluding carboxylic acids is 2. The Labute approximate surface area is 163 Å². The molecule has 1 heterocycles. The first kappa shape index (κ1) is 20.1. The van der Waals surface area contributed by atoms with Crippen molar-refractivity contribution in [3.8, 4) is 0 Å². The number of aromatic nitrogens is 3. The molecule has 3 aromatic rings. The molecule has 2 N–H and O–H groups in total. The van der Waals surface area contributed by atoms with Gasteiger partial charge in [-0.3, -0.25) is 14.3 Å². The number of anilines is 2. The van der Waals surface area contributed by atoms with Gasteiger partial charge in [-0.05, 0) is 36.4 Å². The molecule has 0 aliphatic rings. The highest BCUT2D eigenvalue weighted by molar-refractivity contribution is 6.05. The highest BCUT2D eigenvalue weighted by atomic mass is 19.4. The van der Waals surface area contributed by atoms with Crippen molar-refractivity contribution in [2.45, 2.75) is 19.1 Å². The summed E-state index contributed by atoms with van der Waals surface area (Å²) in [5, 5.41) is 8.98. The van der Waals surface area contributed by atoms with Crippen LogP contribution in [0.5, 0.6) is 0 Å². The predicted octanol–water partition coefficient (Wildman–Crippen LogP) is 3.58. The Hall–Kier alpha value is -3.69. The van der Waals surface area contributed by atoms with E-state index in [0.29, 0.717) is 12.2 Å². The van der Waals surface area contributed by atoms with Gasteiger partial charge in [0.05, 0.1) is 12.1 Å². The molecule has 3 rings (SSSR count). The lowest BCUT2D eigenvalue weighted by molar-refractivity contribution is -0.137. The van der Waals surface area contributed by atoms with E-state index >= 15 is 0 Å². The van der Waals surface area contributed by atoms with Crippen LogP contribution in [-0.4, -0.2) is 26.6 Å². The molecule has 7 nitrogen and oxygen atoms in total. The molecule has 150 valence electrons. The van der Waals surface area contributed by atoms with Gasteiger partial charge in [-0.15, -0.1) is 0 Å². The average Bonchev–Trinajstić information content (AvgIpc) is 3.20. The number of carbonyl (C=O) groups is 2. The number of benzene rings is 2. The number of amides is 2. The molecule has 10 heteroatoms. The summed E-state index contributed by atoms with van der Waals surface area (Å²) >= 11 is 0. The van der Waals surface area contributed by atoms with Crippen LogP contribution in [-0.2, 0) is 17.5 Å². The van der Waals surface area contributed by atoms with Crippen molar-refractivity contribution in [3.05, 3.63) is 72.3 Å². The van der Waals surface area contributed by atoms with Gasteiger partial charge in [0.2, 0.25) is 5.91 Å². The molecule has 0 aliphatic heterocycles. The highest BCUT2D eigenvalue weighted by Gasteiger charge is 2.30. The van der Waals surface area contributed by atoms with Crippen molar-refractivity contribution in [2.24, 2.45) is 0 Å². The molecule has 0 radical (unpaired) electrons. The normalized spacial score (nSPS) is 11.1. The molecule has 29 heavy (non-hydrogen) atoms. The molecule has 0 atom stereocenters. The molecule has 0 saturated carbocycles. The van der Waals surface area contributed by atoms with Crippen LogP contribution in [0.3, 0.4) is 0 Å². The van der Waals surface area contributed by atoms with Crippen LogP contribution in [0.4, 0.5) is 24.5 Å². The molecule has 0 bridgehead atoms. The molecular formula is C19H16F3N5O2. The van der Waals surface area contributed by atoms with Gasteiger partial charge in [0.1, 0.15) is 12.7 Å². The lowest BCUT2D eigenvalue weighted by Crippen LogP contribution is -2.16. The van der Waals surface area contributed by atoms with Gasteiger partial charge in [-0.2, -0.15) is 18.3 Å². The van der Waals surface area contributed by atoms with Gasteiger partial charge >= 0.3 is 6.18 Å². The molecule has 0 unspecified atom stereocenters. The lowest BCUT2D eigenvalue weighted by atomic mass is 10.1. The third-order valence-electron chi connectivity index (χ3n) is 3.89. The highest BCUT2D eigenvalue weighted by Crippen LogP contribution is 2.30. The molecule has 1 aromatic heterocycles. The van der Waals surface area contributed by atoms with Crippen molar-refractivity contribution in [1.82, 2.24) is 14.8 Å². The fourth-order valence-electron chi connectivity index (χ4n) is 2.50. The minimum atomic E-state index is -4.50. The van der Waals surface area contributed by atoms with Gasteiger partial charge in [-0.1, -0.05) is 12.1 Å². The third kappa shape index (κ3) is 5.64. The van der Waals surface area contributed by atoms with Gasteiger partial charge in [0.25, 0.3) is 5.91 Å². The zero-order valence-corrected chi connectivity index (χ0v) is 15.0. The summed E-state index contributed by atoms with van der Waals surface area (Å²) in [6, 6.07) is 10.5. The summed E-state index contributed by atoms with van der Waals surface area (Å²) in [5.74, 6) is -0.876. The number of aryl methyl sites for hydroxylation is 1. The van der Waals surface area contributed by atoms with Crippen LogP contribution >= 0.6 is 0 Å². The van der Waals surface area contributed by atoms with Gasteiger partial charge in [-0.25, -0.2) is 4.98 Å². The van der Waals surface area contributed by atoms with Crippen molar-refractivity contribution in [3.63, 3.8) is 0 Å². The van der Waals surface area contributed by atoms with Crippen molar-refractivity contribution < 1.29 is 22.8 Å². The van der Waals surface area contributed by atoms with Crippen LogP contribution in [0.1, 0.15) is 22.3 Å². The number of hydrogen-bond acceptors (Lipinski definition) is 4. The van der Waals surface area contributed by atoms with Gasteiger partial charge in [0, 0.05) is 23.4 Å². The molecule has 0 spiro atoms. The maximum absolute atomic E-state index is 12.8. The molecule has 2 amide bonds. The zero-order chi connectivity index (χ0) is 20.9. The summed E-state index contributed by atoms with van der Waals surface area (Å²) in [5.41, 5.74) is -0.252. The van der Waals surface area contributed by atoms with Crippen LogP contribution < -0.4 is 10.6 Å². The first-order valence-electron chi connectivity index (χ1n) is 8.52. The second-order valence-electron chi connectivity index (χ2n) is 6.07. The van der Waals surface area contributed by atoms with E-state index in [2.05, 4.69) is 20.7 Å². The molecule has 2 aromatic carbocycles. The summed E-state index contributed by atoms with van der Waals surface area (Å²) < 4.78 is 39.9. The van der Waals surface area contributed by atoms with E-state index in [1.54, 1.807) is 12.1 Å². The van der Waals surface area contributed by atoms with E-state index in [9.17, 15) is 22.8 Å². The SMILES string of the molecule is O=C(CCn1cncn1)Nc1cccc(C(=O)Nc2cccc(C(F)(F)F)c2)c1. The number of nitrogens with one attached hydrogen (secondary N) is 2. The second-order valence-corrected chi connectivity index (χ2v) is 6.07. The Bertz CT molecular complexity index is 1000. The van der Waals surface area contributed by atoms with E-state index in [-0.39, 0.29) is 23.6 Å². The van der Waals surface area contributed by atoms with E-state index in [4.69, 9.17) is 0 Å². The van der Waals surface area contributed by atoms with Crippen LogP contribution in [0.25, 0.3) is 0 Å². The van der Waals surface area contributed by atoms with E-state index in [1.165, 1.54) is 41.6 Å². The monoisotopic (exact) mass is 403 g/mol. The van der Waals surface area contributed by atoms with E-state index in [0.717, 1.165) is 12.1 Å². The van der Waals surface area contributed by atoms with Gasteiger partial charge in [0.15, 0.2) is 0 Å². The fraction of sp³-hybridized carbons (Fsp3) is 0.158. The number of hydrogen-bond donors (Lipinski definition) is 2.